The summed E-state index contributed by atoms with van der Waals surface area (Å²) in [7, 11) is -3.95. The second-order valence-electron chi connectivity index (χ2n) is 1.83. The summed E-state index contributed by atoms with van der Waals surface area (Å²) in [5.74, 6) is 1.53. The van der Waals surface area contributed by atoms with E-state index in [1.165, 1.54) is 0 Å². The van der Waals surface area contributed by atoms with Crippen molar-refractivity contribution < 1.29 is 13.0 Å². The van der Waals surface area contributed by atoms with Crippen molar-refractivity contribution in [3.8, 4) is 0 Å². The van der Waals surface area contributed by atoms with E-state index >= 15 is 0 Å². The maximum absolute atomic E-state index is 10.1. The van der Waals surface area contributed by atoms with E-state index in [0.717, 1.165) is 11.5 Å². The van der Waals surface area contributed by atoms with Gasteiger partial charge < -0.3 is 0 Å². The van der Waals surface area contributed by atoms with Crippen molar-refractivity contribution in [1.82, 2.24) is 4.72 Å². The maximum atomic E-state index is 10.1. The van der Waals surface area contributed by atoms with Crippen LogP contribution in [-0.2, 0) is 10.3 Å². The molecule has 1 heterocycles. The average molecular weight is 193 g/mol. The molecular weight excluding hydrogens is 185 g/mol. The van der Waals surface area contributed by atoms with Crippen LogP contribution >= 0.6 is 11.8 Å². The molecule has 1 saturated heterocycles. The topological polar surface area (TPSA) is 66.4 Å². The Labute approximate surface area is 86.3 Å². The third-order valence-corrected chi connectivity index (χ3v) is 2.86. The van der Waals surface area contributed by atoms with Crippen LogP contribution in [0.15, 0.2) is 0 Å². The summed E-state index contributed by atoms with van der Waals surface area (Å²) in [6, 6.07) is -0.0509. The molecule has 56 valence electrons. The molecule has 0 aromatic heterocycles. The number of thioether (sulfide) groups is 1. The van der Waals surface area contributed by atoms with Crippen molar-refractivity contribution in [3.63, 3.8) is 0 Å². The van der Waals surface area contributed by atoms with Crippen LogP contribution in [-0.4, -0.2) is 60.1 Å². The standard InChI is InChI=1S/C3H7NO3S2.Na.H/c5-9(6,7)4-3-1-8-2-3;;/h3-4H,1-2H2,(H,5,6,7);;. The van der Waals surface area contributed by atoms with Gasteiger partial charge in [0.25, 0.3) is 0 Å². The zero-order valence-electron chi connectivity index (χ0n) is 4.57. The zero-order chi connectivity index (χ0) is 6.91. The first-order valence-electron chi connectivity index (χ1n) is 2.40. The molecule has 0 unspecified atom stereocenters. The van der Waals surface area contributed by atoms with Gasteiger partial charge in [-0.1, -0.05) is 0 Å². The van der Waals surface area contributed by atoms with Crippen molar-refractivity contribution >= 4 is 51.6 Å². The molecule has 0 spiro atoms. The molecular formula is C3H8NNaO3S2. The Hall–Kier alpha value is 1.22. The third-order valence-electron chi connectivity index (χ3n) is 0.954. The summed E-state index contributed by atoms with van der Waals surface area (Å²) in [5, 5.41) is 0. The van der Waals surface area contributed by atoms with Gasteiger partial charge in [-0.15, -0.1) is 0 Å². The van der Waals surface area contributed by atoms with Crippen molar-refractivity contribution in [2.24, 2.45) is 0 Å². The molecule has 7 heteroatoms. The predicted molar refractivity (Wildman–Crippen MR) is 42.9 cm³/mol. The second-order valence-corrected chi connectivity index (χ2v) is 4.09. The van der Waals surface area contributed by atoms with Crippen LogP contribution in [0, 0.1) is 0 Å². The Morgan fingerprint density at radius 3 is 2.10 bits per heavy atom. The molecule has 0 aromatic carbocycles. The van der Waals surface area contributed by atoms with Gasteiger partial charge in [0, 0.05) is 17.5 Å². The van der Waals surface area contributed by atoms with Crippen molar-refractivity contribution in [2.75, 3.05) is 11.5 Å². The summed E-state index contributed by atoms with van der Waals surface area (Å²) < 4.78 is 30.4. The Morgan fingerprint density at radius 1 is 1.50 bits per heavy atom. The minimum absolute atomic E-state index is 0. The SMILES string of the molecule is O=S(=O)(O)NC1CSC1.[NaH]. The fraction of sp³-hybridized carbons (Fsp3) is 1.00. The first-order chi connectivity index (χ1) is 4.08. The van der Waals surface area contributed by atoms with Crippen LogP contribution in [0.3, 0.4) is 0 Å². The van der Waals surface area contributed by atoms with Crippen molar-refractivity contribution in [2.45, 2.75) is 6.04 Å². The van der Waals surface area contributed by atoms with E-state index in [1.54, 1.807) is 11.8 Å². The van der Waals surface area contributed by atoms with Gasteiger partial charge in [-0.2, -0.15) is 24.9 Å². The van der Waals surface area contributed by atoms with Gasteiger partial charge in [0.1, 0.15) is 0 Å². The Balaban J connectivity index is 0.000000810. The molecule has 1 aliphatic rings. The summed E-state index contributed by atoms with van der Waals surface area (Å²) in [4.78, 5) is 0. The van der Waals surface area contributed by atoms with Gasteiger partial charge in [0.05, 0.1) is 0 Å². The molecule has 0 aliphatic carbocycles. The fourth-order valence-corrected chi connectivity index (χ4v) is 1.95. The summed E-state index contributed by atoms with van der Waals surface area (Å²) in [6.45, 7) is 0. The molecule has 0 atom stereocenters. The molecule has 0 bridgehead atoms. The molecule has 2 N–H and O–H groups in total. The first-order valence-corrected chi connectivity index (χ1v) is 5.00. The van der Waals surface area contributed by atoms with E-state index in [0.29, 0.717) is 0 Å². The number of nitrogens with one attached hydrogen (secondary N) is 1. The molecule has 1 rings (SSSR count). The Morgan fingerprint density at radius 2 is 2.00 bits per heavy atom. The van der Waals surface area contributed by atoms with Crippen LogP contribution in [0.1, 0.15) is 0 Å². The third kappa shape index (κ3) is 4.17. The van der Waals surface area contributed by atoms with E-state index in [-0.39, 0.29) is 35.6 Å². The average Bonchev–Trinajstić information content (AvgIpc) is 1.53. The Kier molecular flexibility index (Phi) is 4.82. The van der Waals surface area contributed by atoms with Crippen molar-refractivity contribution in [1.29, 1.82) is 0 Å². The van der Waals surface area contributed by atoms with Crippen LogP contribution in [0.5, 0.6) is 0 Å². The molecule has 1 fully saturated rings. The van der Waals surface area contributed by atoms with E-state index in [4.69, 9.17) is 4.55 Å². The second kappa shape index (κ2) is 4.30. The summed E-state index contributed by atoms with van der Waals surface area (Å²) in [6.07, 6.45) is 0. The van der Waals surface area contributed by atoms with Gasteiger partial charge in [-0.3, -0.25) is 4.55 Å². The van der Waals surface area contributed by atoms with E-state index in [1.807, 2.05) is 0 Å². The number of rotatable bonds is 2. The van der Waals surface area contributed by atoms with E-state index < -0.39 is 10.3 Å². The van der Waals surface area contributed by atoms with Gasteiger partial charge in [0.2, 0.25) is 0 Å². The monoisotopic (exact) mass is 193 g/mol. The molecule has 0 radical (unpaired) electrons. The van der Waals surface area contributed by atoms with Gasteiger partial charge >= 0.3 is 39.9 Å². The fourth-order valence-electron chi connectivity index (χ4n) is 0.514. The molecule has 4 nitrogen and oxygen atoms in total. The van der Waals surface area contributed by atoms with Crippen LogP contribution in [0.4, 0.5) is 0 Å². The van der Waals surface area contributed by atoms with Gasteiger partial charge in [-0.05, 0) is 0 Å². The van der Waals surface area contributed by atoms with Crippen LogP contribution < -0.4 is 4.72 Å². The van der Waals surface area contributed by atoms with E-state index in [9.17, 15) is 8.42 Å². The van der Waals surface area contributed by atoms with Crippen LogP contribution in [0.2, 0.25) is 0 Å². The number of hydrogen-bond acceptors (Lipinski definition) is 3. The molecule has 10 heavy (non-hydrogen) atoms. The molecule has 1 aliphatic heterocycles. The number of hydrogen-bond donors (Lipinski definition) is 2. The summed E-state index contributed by atoms with van der Waals surface area (Å²) >= 11 is 1.65. The zero-order valence-corrected chi connectivity index (χ0v) is 6.20. The van der Waals surface area contributed by atoms with Gasteiger partial charge in [-0.25, -0.2) is 0 Å². The minimum atomic E-state index is -3.95. The first kappa shape index (κ1) is 11.2. The molecule has 0 amide bonds. The predicted octanol–water partition coefficient (Wildman–Crippen LogP) is -1.15. The van der Waals surface area contributed by atoms with Crippen molar-refractivity contribution in [3.05, 3.63) is 0 Å². The Bertz CT molecular complexity index is 188. The molecule has 0 saturated carbocycles. The molecule has 0 aromatic rings. The summed E-state index contributed by atoms with van der Waals surface area (Å²) in [5.41, 5.74) is 0. The van der Waals surface area contributed by atoms with E-state index in [2.05, 4.69) is 4.72 Å². The van der Waals surface area contributed by atoms with Crippen LogP contribution in [0.25, 0.3) is 0 Å². The normalized spacial score (nSPS) is 19.3. The quantitative estimate of drug-likeness (QED) is 0.429. The van der Waals surface area contributed by atoms with Gasteiger partial charge in [0.15, 0.2) is 0 Å².